The average molecular weight is 681 g/mol. The summed E-state index contributed by atoms with van der Waals surface area (Å²) in [6.45, 7) is 11.9. The van der Waals surface area contributed by atoms with Crippen LogP contribution in [0.2, 0.25) is 0 Å². The minimum Gasteiger partial charge on any atom is -0.497 e. The van der Waals surface area contributed by atoms with Crippen LogP contribution in [-0.2, 0) is 19.1 Å². The molecule has 1 N–H and O–H groups in total. The van der Waals surface area contributed by atoms with Crippen molar-refractivity contribution in [3.05, 3.63) is 79.9 Å². The number of hydrogen-bond acceptors (Lipinski definition) is 6. The summed E-state index contributed by atoms with van der Waals surface area (Å²) in [5, 5.41) is 10.6. The number of para-hydroxylation sites is 1. The van der Waals surface area contributed by atoms with Crippen LogP contribution in [0, 0.1) is 17.8 Å². The number of aliphatic hydroxyl groups excluding tert-OH is 1. The molecule has 0 aromatic heterocycles. The molecule has 2 aromatic carbocycles. The van der Waals surface area contributed by atoms with E-state index in [0.29, 0.717) is 30.0 Å². The molecule has 3 saturated heterocycles. The highest BCUT2D eigenvalue weighted by molar-refractivity contribution is 9.09. The van der Waals surface area contributed by atoms with Crippen molar-refractivity contribution in [3.63, 3.8) is 0 Å². The van der Waals surface area contributed by atoms with Crippen LogP contribution in [0.3, 0.4) is 0 Å². The summed E-state index contributed by atoms with van der Waals surface area (Å²) < 4.78 is 12.1. The molecule has 3 amide bonds. The summed E-state index contributed by atoms with van der Waals surface area (Å²) in [4.78, 5) is 48.6. The van der Waals surface area contributed by atoms with Crippen LogP contribution in [0.1, 0.15) is 26.7 Å². The SMILES string of the molecule is C=CCN(C(=O)C1N([C@@H](CO)CC(C)C)C(=O)[C@@H]2[C@H](C(=O)N(CC=C)c3ccccc3)[C@H]3OC12CC3Br)c1ccc(OC)cc1. The van der Waals surface area contributed by atoms with Gasteiger partial charge in [0.15, 0.2) is 0 Å². The molecule has 7 atom stereocenters. The predicted molar refractivity (Wildman–Crippen MR) is 177 cm³/mol. The molecule has 10 heteroatoms. The highest BCUT2D eigenvalue weighted by atomic mass is 79.9. The summed E-state index contributed by atoms with van der Waals surface area (Å²) in [6.07, 6.45) is 3.51. The van der Waals surface area contributed by atoms with Crippen LogP contribution in [0.25, 0.3) is 0 Å². The summed E-state index contributed by atoms with van der Waals surface area (Å²) in [5.74, 6) is -1.92. The zero-order chi connectivity index (χ0) is 32.5. The largest absolute Gasteiger partial charge is 0.497 e. The average Bonchev–Trinajstić information content (AvgIpc) is 3.64. The van der Waals surface area contributed by atoms with Gasteiger partial charge in [0, 0.05) is 29.3 Å². The van der Waals surface area contributed by atoms with Crippen molar-refractivity contribution in [2.75, 3.05) is 36.6 Å². The number of carbonyl (C=O) groups excluding carboxylic acids is 3. The molecule has 1 spiro atoms. The Kier molecular flexibility index (Phi) is 9.86. The molecule has 240 valence electrons. The molecular weight excluding hydrogens is 638 g/mol. The lowest BCUT2D eigenvalue weighted by molar-refractivity contribution is -0.144. The maximum atomic E-state index is 14.9. The van der Waals surface area contributed by atoms with E-state index in [0.717, 1.165) is 0 Å². The second-order valence-corrected chi connectivity index (χ2v) is 13.6. The molecule has 3 aliphatic heterocycles. The monoisotopic (exact) mass is 679 g/mol. The number of nitrogens with zero attached hydrogens (tertiary/aromatic N) is 3. The molecule has 5 rings (SSSR count). The van der Waals surface area contributed by atoms with Gasteiger partial charge in [-0.05, 0) is 55.2 Å². The standard InChI is InChI=1S/C35H42BrN3O6/c1-6-17-37(23-11-9-8-10-12-23)32(41)28-29-33(42)39(25(21-40)19-22(3)4)31(35(29)20-27(36)30(28)45-35)34(43)38(18-7-2)24-13-15-26(44-5)16-14-24/h6-16,22,25,27-31,40H,1-2,17-21H2,3-5H3/t25-,27?,28+,29+,30+,31?,35?/m1/s1. The third kappa shape index (κ3) is 5.72. The van der Waals surface area contributed by atoms with E-state index in [1.807, 2.05) is 44.2 Å². The number of rotatable bonds is 13. The summed E-state index contributed by atoms with van der Waals surface area (Å²) in [6, 6.07) is 14.7. The van der Waals surface area contributed by atoms with E-state index in [4.69, 9.17) is 9.47 Å². The molecule has 3 heterocycles. The molecule has 3 fully saturated rings. The number of hydrogen-bond donors (Lipinski definition) is 1. The van der Waals surface area contributed by atoms with Gasteiger partial charge in [0.1, 0.15) is 17.4 Å². The fourth-order valence-electron chi connectivity index (χ4n) is 7.44. The fraction of sp³-hybridized carbons (Fsp3) is 0.457. The minimum atomic E-state index is -1.28. The van der Waals surface area contributed by atoms with E-state index in [-0.39, 0.29) is 48.2 Å². The third-order valence-corrected chi connectivity index (χ3v) is 10.0. The maximum absolute atomic E-state index is 14.9. The first-order valence-corrected chi connectivity index (χ1v) is 16.3. The van der Waals surface area contributed by atoms with Crippen LogP contribution in [0.4, 0.5) is 11.4 Å². The molecule has 0 aliphatic carbocycles. The maximum Gasteiger partial charge on any atom is 0.253 e. The molecule has 2 bridgehead atoms. The van der Waals surface area contributed by atoms with Gasteiger partial charge in [0.05, 0.1) is 37.7 Å². The number of alkyl halides is 1. The number of likely N-dealkylation sites (tertiary alicyclic amines) is 1. The summed E-state index contributed by atoms with van der Waals surface area (Å²) in [5.41, 5.74) is 0.0132. The van der Waals surface area contributed by atoms with Crippen molar-refractivity contribution in [2.45, 2.75) is 55.3 Å². The Hall–Kier alpha value is -3.47. The third-order valence-electron chi connectivity index (χ3n) is 9.20. The van der Waals surface area contributed by atoms with Gasteiger partial charge in [0.25, 0.3) is 5.91 Å². The lowest BCUT2D eigenvalue weighted by atomic mass is 9.70. The van der Waals surface area contributed by atoms with E-state index in [1.165, 1.54) is 4.90 Å². The van der Waals surface area contributed by atoms with Gasteiger partial charge in [-0.15, -0.1) is 13.2 Å². The quantitative estimate of drug-likeness (QED) is 0.246. The van der Waals surface area contributed by atoms with Gasteiger partial charge in [-0.2, -0.15) is 0 Å². The van der Waals surface area contributed by atoms with E-state index in [1.54, 1.807) is 53.3 Å². The summed E-state index contributed by atoms with van der Waals surface area (Å²) in [7, 11) is 1.57. The molecule has 0 saturated carbocycles. The number of anilines is 2. The van der Waals surface area contributed by atoms with Crippen LogP contribution in [0.15, 0.2) is 79.9 Å². The Morgan fingerprint density at radius 2 is 1.67 bits per heavy atom. The van der Waals surface area contributed by atoms with Gasteiger partial charge in [0.2, 0.25) is 11.8 Å². The number of ether oxygens (including phenoxy) is 2. The normalized spacial score (nSPS) is 27.3. The first kappa shape index (κ1) is 32.9. The van der Waals surface area contributed by atoms with Crippen molar-refractivity contribution >= 4 is 45.0 Å². The van der Waals surface area contributed by atoms with Crippen molar-refractivity contribution in [1.82, 2.24) is 4.90 Å². The lowest BCUT2D eigenvalue weighted by Gasteiger charge is -2.40. The van der Waals surface area contributed by atoms with E-state index < -0.39 is 35.6 Å². The number of methoxy groups -OCH3 is 1. The Morgan fingerprint density at radius 1 is 1.07 bits per heavy atom. The highest BCUT2D eigenvalue weighted by Gasteiger charge is 2.77. The second kappa shape index (κ2) is 13.5. The van der Waals surface area contributed by atoms with Crippen molar-refractivity contribution in [1.29, 1.82) is 0 Å². The number of benzene rings is 2. The van der Waals surface area contributed by atoms with Crippen LogP contribution in [-0.4, -0.2) is 83.2 Å². The van der Waals surface area contributed by atoms with E-state index in [2.05, 4.69) is 29.1 Å². The number of aliphatic hydroxyl groups is 1. The van der Waals surface area contributed by atoms with Crippen molar-refractivity contribution in [2.24, 2.45) is 17.8 Å². The van der Waals surface area contributed by atoms with E-state index in [9.17, 15) is 19.5 Å². The van der Waals surface area contributed by atoms with Crippen LogP contribution >= 0.6 is 15.9 Å². The van der Waals surface area contributed by atoms with Crippen LogP contribution < -0.4 is 14.5 Å². The topological polar surface area (TPSA) is 99.6 Å². The molecule has 9 nitrogen and oxygen atoms in total. The second-order valence-electron chi connectivity index (χ2n) is 12.4. The minimum absolute atomic E-state index is 0.134. The predicted octanol–water partition coefficient (Wildman–Crippen LogP) is 4.59. The highest BCUT2D eigenvalue weighted by Crippen LogP contribution is 2.61. The lowest BCUT2D eigenvalue weighted by Crippen LogP contribution is -2.59. The molecule has 45 heavy (non-hydrogen) atoms. The smallest absolute Gasteiger partial charge is 0.253 e. The van der Waals surface area contributed by atoms with Crippen molar-refractivity contribution in [3.8, 4) is 5.75 Å². The first-order valence-electron chi connectivity index (χ1n) is 15.4. The van der Waals surface area contributed by atoms with Gasteiger partial charge in [-0.3, -0.25) is 14.4 Å². The molecular formula is C35H42BrN3O6. The Balaban J connectivity index is 1.62. The number of carbonyl (C=O) groups is 3. The van der Waals surface area contributed by atoms with Crippen molar-refractivity contribution < 1.29 is 29.0 Å². The Bertz CT molecular complexity index is 1420. The van der Waals surface area contributed by atoms with E-state index >= 15 is 0 Å². The number of fused-ring (bicyclic) bond motifs is 1. The zero-order valence-electron chi connectivity index (χ0n) is 26.1. The van der Waals surface area contributed by atoms with Gasteiger partial charge in [-0.1, -0.05) is 60.1 Å². The Morgan fingerprint density at radius 3 is 2.22 bits per heavy atom. The first-order chi connectivity index (χ1) is 21.6. The molecule has 3 unspecified atom stereocenters. The molecule has 2 aromatic rings. The van der Waals surface area contributed by atoms with Crippen LogP contribution in [0.5, 0.6) is 5.75 Å². The molecule has 3 aliphatic rings. The summed E-state index contributed by atoms with van der Waals surface area (Å²) >= 11 is 3.77. The molecule has 0 radical (unpaired) electrons. The van der Waals surface area contributed by atoms with Gasteiger partial charge in [-0.25, -0.2) is 0 Å². The Labute approximate surface area is 273 Å². The number of halogens is 1. The number of amides is 3. The van der Waals surface area contributed by atoms with Gasteiger partial charge < -0.3 is 29.3 Å². The van der Waals surface area contributed by atoms with Gasteiger partial charge >= 0.3 is 0 Å². The fourth-order valence-corrected chi connectivity index (χ4v) is 8.39. The zero-order valence-corrected chi connectivity index (χ0v) is 27.6.